The normalized spacial score (nSPS) is 15.9. The Bertz CT molecular complexity index is 7900. The molecular formula is C128H102N2O. The van der Waals surface area contributed by atoms with Crippen LogP contribution in [0.4, 0.5) is 34.1 Å². The SMILES string of the molecule is CC(C)(C)c1ccc2c(c1)C1(c3ccccc3-c3ccc(N(c4ccccc4-c4ccccc4)c4ccccc4-c4cccc5c4C4c6cccc(-c7ccc8c(ccc9c8oc8cccc(-c%10ccccc%10N(c%10ccccc%10-c%10ccccc%10)c%10ccccc%10-c%10cccc%11c%10-c%10ccccc%10C%11%10CCCCC%10)c89)c7)c6C=CC4C5(C)C)cc31)c1cc(C(C)(C)C)ccc1-2. The summed E-state index contributed by atoms with van der Waals surface area (Å²) in [5, 5.41) is 4.40. The van der Waals surface area contributed by atoms with Crippen molar-refractivity contribution in [3.8, 4) is 100 Å². The van der Waals surface area contributed by atoms with Crippen molar-refractivity contribution >= 4 is 72.9 Å². The van der Waals surface area contributed by atoms with Crippen LogP contribution in [0.25, 0.3) is 139 Å². The monoisotopic (exact) mass is 1680 g/mol. The highest BCUT2D eigenvalue weighted by molar-refractivity contribution is 6.21. The van der Waals surface area contributed by atoms with Gasteiger partial charge in [0.2, 0.25) is 0 Å². The van der Waals surface area contributed by atoms with Gasteiger partial charge in [0.15, 0.2) is 0 Å². The van der Waals surface area contributed by atoms with E-state index in [0.29, 0.717) is 0 Å². The van der Waals surface area contributed by atoms with E-state index in [-0.39, 0.29) is 33.5 Å². The molecule has 6 aliphatic carbocycles. The minimum absolute atomic E-state index is 0.0130. The summed E-state index contributed by atoms with van der Waals surface area (Å²) in [7, 11) is 0. The van der Waals surface area contributed by atoms with Crippen molar-refractivity contribution in [1.29, 1.82) is 0 Å². The van der Waals surface area contributed by atoms with Gasteiger partial charge in [0.1, 0.15) is 11.2 Å². The molecule has 131 heavy (non-hydrogen) atoms. The molecule has 2 atom stereocenters. The Morgan fingerprint density at radius 2 is 0.771 bits per heavy atom. The van der Waals surface area contributed by atoms with Crippen LogP contribution in [-0.4, -0.2) is 0 Å². The average Bonchev–Trinajstić information content (AvgIpc) is 1.50. The van der Waals surface area contributed by atoms with Crippen LogP contribution >= 0.6 is 0 Å². The van der Waals surface area contributed by atoms with Crippen molar-refractivity contribution in [2.45, 2.75) is 120 Å². The van der Waals surface area contributed by atoms with E-state index >= 15 is 0 Å². The molecule has 0 aliphatic heterocycles. The lowest BCUT2D eigenvalue weighted by Crippen LogP contribution is -2.27. The zero-order valence-corrected chi connectivity index (χ0v) is 75.6. The van der Waals surface area contributed by atoms with Crippen LogP contribution in [-0.2, 0) is 27.1 Å². The van der Waals surface area contributed by atoms with Crippen LogP contribution < -0.4 is 9.80 Å². The number of hydrogen-bond acceptors (Lipinski definition) is 3. The number of nitrogens with zero attached hydrogens (tertiary/aromatic N) is 2. The van der Waals surface area contributed by atoms with Gasteiger partial charge in [-0.05, 0) is 246 Å². The highest BCUT2D eigenvalue weighted by Crippen LogP contribution is 2.67. The smallest absolute Gasteiger partial charge is 0.143 e. The molecule has 0 amide bonds. The van der Waals surface area contributed by atoms with E-state index in [4.69, 9.17) is 4.42 Å². The Kier molecular flexibility index (Phi) is 17.8. The molecule has 0 saturated heterocycles. The lowest BCUT2D eigenvalue weighted by atomic mass is 9.68. The van der Waals surface area contributed by atoms with Crippen LogP contribution in [0.5, 0.6) is 0 Å². The first kappa shape index (κ1) is 78.6. The first-order valence-corrected chi connectivity index (χ1v) is 47.3. The van der Waals surface area contributed by atoms with Crippen molar-refractivity contribution in [3.63, 3.8) is 0 Å². The van der Waals surface area contributed by atoms with Gasteiger partial charge >= 0.3 is 0 Å². The molecule has 2 spiro atoms. The minimum atomic E-state index is -0.608. The topological polar surface area (TPSA) is 19.6 Å². The third-order valence-electron chi connectivity index (χ3n) is 31.0. The van der Waals surface area contributed by atoms with Crippen LogP contribution in [0.2, 0.25) is 0 Å². The Morgan fingerprint density at radius 1 is 0.313 bits per heavy atom. The standard InChI is InChI=1S/C128H102N2O/c1-124(2,3)84-64-69-93-94-70-65-85(125(4,5)6)78-111(94)128(110(93)77-84)106-53-24-16-42-92(106)95-71-66-86(79-112(95)128)129(113-56-25-18-40-88(113)80-36-12-9-13-37-80)115-58-27-20-45-98(115)102-50-33-54-107-122(102)121-99-48-32-47-87(91(99)72-73-108(121)126(107,7)8)82-62-67-90-83(76-82)63-68-104-120-101(51-35-61-118(120)131-123(90)104)97-44-22-29-60-117(97)130(114-57-26-19-41-89(114)81-38-14-10-15-39-81)116-59-28-21-43-96(116)100-49-34-55-109-119(100)103-46-17-23-52-105(103)127(109)74-30-11-31-75-127/h9-10,12-29,32-73,76-79,108,121H,11,30-31,74-75H2,1-8H3. The fourth-order valence-electron chi connectivity index (χ4n) is 24.9. The number of anilines is 6. The maximum absolute atomic E-state index is 7.32. The minimum Gasteiger partial charge on any atom is -0.455 e. The number of hydrogen-bond donors (Lipinski definition) is 0. The Labute approximate surface area is 769 Å². The number of para-hydroxylation sites is 5. The molecule has 0 bridgehead atoms. The molecule has 1 heterocycles. The molecule has 2 unspecified atom stereocenters. The fraction of sp³-hybridized carbons (Fsp3) is 0.156. The summed E-state index contributed by atoms with van der Waals surface area (Å²) in [6, 6.07) is 148. The van der Waals surface area contributed by atoms with Gasteiger partial charge in [0.25, 0.3) is 0 Å². The lowest BCUT2D eigenvalue weighted by Gasteiger charge is -2.36. The zero-order chi connectivity index (χ0) is 88.0. The summed E-state index contributed by atoms with van der Waals surface area (Å²) in [5.41, 5.74) is 46.0. The zero-order valence-electron chi connectivity index (χ0n) is 75.6. The summed E-state index contributed by atoms with van der Waals surface area (Å²) >= 11 is 0. The van der Waals surface area contributed by atoms with Gasteiger partial charge in [-0.15, -0.1) is 0 Å². The van der Waals surface area contributed by atoms with Crippen molar-refractivity contribution in [2.75, 3.05) is 9.80 Å². The van der Waals surface area contributed by atoms with Gasteiger partial charge in [0.05, 0.1) is 33.9 Å². The highest BCUT2D eigenvalue weighted by atomic mass is 16.3. The van der Waals surface area contributed by atoms with E-state index in [1.165, 1.54) is 171 Å². The molecule has 0 N–H and O–H groups in total. The Balaban J connectivity index is 0.614. The van der Waals surface area contributed by atoms with Crippen molar-refractivity contribution in [1.82, 2.24) is 0 Å². The van der Waals surface area contributed by atoms with E-state index in [1.54, 1.807) is 0 Å². The van der Waals surface area contributed by atoms with Crippen LogP contribution in [0, 0.1) is 5.92 Å². The maximum Gasteiger partial charge on any atom is 0.143 e. The second-order valence-corrected chi connectivity index (χ2v) is 40.3. The molecule has 19 aromatic rings. The molecule has 18 aromatic carbocycles. The summed E-state index contributed by atoms with van der Waals surface area (Å²) in [4.78, 5) is 5.18. The van der Waals surface area contributed by atoms with Crippen molar-refractivity contribution in [3.05, 3.63) is 461 Å². The molecule has 1 fully saturated rings. The quantitative estimate of drug-likeness (QED) is 0.122. The van der Waals surface area contributed by atoms with Gasteiger partial charge < -0.3 is 14.2 Å². The summed E-state index contributed by atoms with van der Waals surface area (Å²) in [6.45, 7) is 19.1. The Morgan fingerprint density at radius 3 is 1.40 bits per heavy atom. The first-order valence-electron chi connectivity index (χ1n) is 47.3. The van der Waals surface area contributed by atoms with Gasteiger partial charge in [-0.1, -0.05) is 408 Å². The third kappa shape index (κ3) is 11.8. The molecule has 0 radical (unpaired) electrons. The van der Waals surface area contributed by atoms with Gasteiger partial charge in [-0.25, -0.2) is 0 Å². The third-order valence-corrected chi connectivity index (χ3v) is 31.0. The molecule has 3 nitrogen and oxygen atoms in total. The van der Waals surface area contributed by atoms with E-state index < -0.39 is 5.41 Å². The molecular weight excluding hydrogens is 1580 g/mol. The number of furan rings is 1. The van der Waals surface area contributed by atoms with Crippen LogP contribution in [0.15, 0.2) is 399 Å². The van der Waals surface area contributed by atoms with Crippen LogP contribution in [0.1, 0.15) is 160 Å². The molecule has 6 aliphatic rings. The van der Waals surface area contributed by atoms with E-state index in [9.17, 15) is 0 Å². The number of allylic oxidation sites excluding steroid dienone is 1. The second-order valence-electron chi connectivity index (χ2n) is 40.3. The first-order chi connectivity index (χ1) is 64.0. The van der Waals surface area contributed by atoms with Crippen LogP contribution in [0.3, 0.4) is 0 Å². The van der Waals surface area contributed by atoms with Crippen molar-refractivity contribution in [2.24, 2.45) is 5.92 Å². The number of benzene rings is 18. The van der Waals surface area contributed by atoms with Gasteiger partial charge in [-0.2, -0.15) is 0 Å². The van der Waals surface area contributed by atoms with Crippen molar-refractivity contribution < 1.29 is 4.42 Å². The molecule has 630 valence electrons. The molecule has 3 heteroatoms. The Hall–Kier alpha value is -14.6. The van der Waals surface area contributed by atoms with E-state index in [0.717, 1.165) is 94.7 Å². The molecule has 25 rings (SSSR count). The highest BCUT2D eigenvalue weighted by Gasteiger charge is 2.54. The van der Waals surface area contributed by atoms with E-state index in [1.807, 2.05) is 0 Å². The predicted octanol–water partition coefficient (Wildman–Crippen LogP) is 34.9. The summed E-state index contributed by atoms with van der Waals surface area (Å²) in [6.07, 6.45) is 11.2. The maximum atomic E-state index is 7.32. The van der Waals surface area contributed by atoms with Gasteiger partial charge in [0, 0.05) is 61.0 Å². The largest absolute Gasteiger partial charge is 0.455 e. The summed E-state index contributed by atoms with van der Waals surface area (Å²) in [5.74, 6) is 0.243. The number of rotatable bonds is 12. The average molecular weight is 1680 g/mol. The fourth-order valence-corrected chi connectivity index (χ4v) is 24.9. The molecule has 1 aromatic heterocycles. The molecule has 1 saturated carbocycles. The van der Waals surface area contributed by atoms with E-state index in [2.05, 4.69) is 466 Å². The lowest BCUT2D eigenvalue weighted by molar-refractivity contribution is 0.353. The van der Waals surface area contributed by atoms with Gasteiger partial charge in [-0.3, -0.25) is 0 Å². The second kappa shape index (κ2) is 29.7. The predicted molar refractivity (Wildman–Crippen MR) is 550 cm³/mol. The number of fused-ring (bicyclic) bond motifs is 25. The summed E-state index contributed by atoms with van der Waals surface area (Å²) < 4.78 is 7.32.